The van der Waals surface area contributed by atoms with E-state index in [-0.39, 0.29) is 12.5 Å². The molecular formula is C11H15NO3. The highest BCUT2D eigenvalue weighted by molar-refractivity contribution is 5.78. The highest BCUT2D eigenvalue weighted by Crippen LogP contribution is 2.28. The van der Waals surface area contributed by atoms with Gasteiger partial charge in [-0.15, -0.1) is 0 Å². The van der Waals surface area contributed by atoms with Crippen LogP contribution >= 0.6 is 0 Å². The zero-order chi connectivity index (χ0) is 10.7. The lowest BCUT2D eigenvalue weighted by molar-refractivity contribution is -0.136. The fraction of sp³-hybridized carbons (Fsp3) is 0.545. The topological polar surface area (TPSA) is 42.7 Å². The van der Waals surface area contributed by atoms with E-state index in [9.17, 15) is 4.79 Å². The number of methoxy groups -OCH3 is 1. The Morgan fingerprint density at radius 1 is 1.67 bits per heavy atom. The molecule has 0 spiro atoms. The summed E-state index contributed by atoms with van der Waals surface area (Å²) in [7, 11) is 1.54. The van der Waals surface area contributed by atoms with Gasteiger partial charge in [-0.2, -0.15) is 0 Å². The SMILES string of the molecule is COCC(=O)N(Cc1ccco1)C1CC1. The van der Waals surface area contributed by atoms with Crippen LogP contribution in [0.3, 0.4) is 0 Å². The van der Waals surface area contributed by atoms with E-state index in [0.717, 1.165) is 18.6 Å². The first-order valence-corrected chi connectivity index (χ1v) is 5.12. The van der Waals surface area contributed by atoms with Gasteiger partial charge in [-0.1, -0.05) is 0 Å². The van der Waals surface area contributed by atoms with Gasteiger partial charge in [0.25, 0.3) is 0 Å². The minimum absolute atomic E-state index is 0.0383. The number of hydrogen-bond donors (Lipinski definition) is 0. The molecule has 0 radical (unpaired) electrons. The van der Waals surface area contributed by atoms with Gasteiger partial charge in [0.05, 0.1) is 12.8 Å². The lowest BCUT2D eigenvalue weighted by atomic mass is 10.3. The summed E-state index contributed by atoms with van der Waals surface area (Å²) >= 11 is 0. The van der Waals surface area contributed by atoms with Gasteiger partial charge in [-0.25, -0.2) is 0 Å². The molecule has 4 nitrogen and oxygen atoms in total. The molecule has 1 aromatic heterocycles. The van der Waals surface area contributed by atoms with Crippen LogP contribution in [0.2, 0.25) is 0 Å². The Balaban J connectivity index is 1.97. The number of hydrogen-bond acceptors (Lipinski definition) is 3. The number of carbonyl (C=O) groups is 1. The van der Waals surface area contributed by atoms with Crippen molar-refractivity contribution in [1.82, 2.24) is 4.90 Å². The lowest BCUT2D eigenvalue weighted by Crippen LogP contribution is -2.35. The molecule has 0 aliphatic heterocycles. The first-order valence-electron chi connectivity index (χ1n) is 5.12. The molecule has 2 rings (SSSR count). The quantitative estimate of drug-likeness (QED) is 0.736. The maximum atomic E-state index is 11.7. The molecule has 1 saturated carbocycles. The van der Waals surface area contributed by atoms with Gasteiger partial charge < -0.3 is 14.1 Å². The number of rotatable bonds is 5. The zero-order valence-corrected chi connectivity index (χ0v) is 8.81. The zero-order valence-electron chi connectivity index (χ0n) is 8.81. The Kier molecular flexibility index (Phi) is 3.06. The smallest absolute Gasteiger partial charge is 0.249 e. The molecule has 82 valence electrons. The molecular weight excluding hydrogens is 194 g/mol. The summed E-state index contributed by atoms with van der Waals surface area (Å²) in [6.45, 7) is 0.705. The number of furan rings is 1. The van der Waals surface area contributed by atoms with Crippen LogP contribution in [0.25, 0.3) is 0 Å². The molecule has 0 unspecified atom stereocenters. The van der Waals surface area contributed by atoms with E-state index in [1.54, 1.807) is 6.26 Å². The van der Waals surface area contributed by atoms with Gasteiger partial charge in [0, 0.05) is 13.2 Å². The van der Waals surface area contributed by atoms with Crippen molar-refractivity contribution >= 4 is 5.91 Å². The first kappa shape index (κ1) is 10.2. The Morgan fingerprint density at radius 3 is 3.00 bits per heavy atom. The van der Waals surface area contributed by atoms with E-state index >= 15 is 0 Å². The average molecular weight is 209 g/mol. The predicted octanol–water partition coefficient (Wildman–Crippen LogP) is 1.42. The van der Waals surface area contributed by atoms with Crippen molar-refractivity contribution < 1.29 is 13.9 Å². The summed E-state index contributed by atoms with van der Waals surface area (Å²) in [4.78, 5) is 13.5. The van der Waals surface area contributed by atoms with Crippen molar-refractivity contribution in [3.05, 3.63) is 24.2 Å². The van der Waals surface area contributed by atoms with Crippen molar-refractivity contribution in [2.75, 3.05) is 13.7 Å². The van der Waals surface area contributed by atoms with Crippen LogP contribution in [0.15, 0.2) is 22.8 Å². The van der Waals surface area contributed by atoms with Crippen LogP contribution in [-0.4, -0.2) is 30.6 Å². The third kappa shape index (κ3) is 2.59. The van der Waals surface area contributed by atoms with Gasteiger partial charge >= 0.3 is 0 Å². The Bertz CT molecular complexity index is 317. The number of nitrogens with zero attached hydrogens (tertiary/aromatic N) is 1. The van der Waals surface area contributed by atoms with Gasteiger partial charge in [-0.05, 0) is 25.0 Å². The van der Waals surface area contributed by atoms with Crippen LogP contribution in [0.4, 0.5) is 0 Å². The molecule has 0 aromatic carbocycles. The van der Waals surface area contributed by atoms with E-state index in [0.29, 0.717) is 12.6 Å². The molecule has 0 bridgehead atoms. The van der Waals surface area contributed by atoms with E-state index in [2.05, 4.69) is 0 Å². The lowest BCUT2D eigenvalue weighted by Gasteiger charge is -2.20. The number of ether oxygens (including phenoxy) is 1. The van der Waals surface area contributed by atoms with Crippen molar-refractivity contribution in [2.45, 2.75) is 25.4 Å². The minimum atomic E-state index is 0.0383. The Morgan fingerprint density at radius 2 is 2.47 bits per heavy atom. The van der Waals surface area contributed by atoms with Gasteiger partial charge in [0.15, 0.2) is 0 Å². The molecule has 1 aliphatic rings. The first-order chi connectivity index (χ1) is 7.31. The fourth-order valence-electron chi connectivity index (χ4n) is 1.58. The van der Waals surface area contributed by atoms with Gasteiger partial charge in [-0.3, -0.25) is 4.79 Å². The second kappa shape index (κ2) is 4.49. The fourth-order valence-corrected chi connectivity index (χ4v) is 1.58. The van der Waals surface area contributed by atoms with Crippen LogP contribution in [0.5, 0.6) is 0 Å². The highest BCUT2D eigenvalue weighted by atomic mass is 16.5. The summed E-state index contributed by atoms with van der Waals surface area (Å²) in [5, 5.41) is 0. The largest absolute Gasteiger partial charge is 0.467 e. The molecule has 15 heavy (non-hydrogen) atoms. The summed E-state index contributed by atoms with van der Waals surface area (Å²) in [5.74, 6) is 0.864. The Hall–Kier alpha value is -1.29. The van der Waals surface area contributed by atoms with Gasteiger partial charge in [0.1, 0.15) is 12.4 Å². The van der Waals surface area contributed by atoms with Crippen molar-refractivity contribution in [3.63, 3.8) is 0 Å². The predicted molar refractivity (Wildman–Crippen MR) is 54.2 cm³/mol. The monoisotopic (exact) mass is 209 g/mol. The minimum Gasteiger partial charge on any atom is -0.467 e. The molecule has 1 aromatic rings. The van der Waals surface area contributed by atoms with Crippen LogP contribution in [0, 0.1) is 0 Å². The van der Waals surface area contributed by atoms with E-state index in [1.165, 1.54) is 7.11 Å². The molecule has 0 N–H and O–H groups in total. The second-order valence-electron chi connectivity index (χ2n) is 3.77. The van der Waals surface area contributed by atoms with E-state index in [1.807, 2.05) is 17.0 Å². The molecule has 0 saturated heterocycles. The van der Waals surface area contributed by atoms with Crippen molar-refractivity contribution in [3.8, 4) is 0 Å². The number of amides is 1. The molecule has 1 aliphatic carbocycles. The maximum Gasteiger partial charge on any atom is 0.249 e. The second-order valence-corrected chi connectivity index (χ2v) is 3.77. The van der Waals surface area contributed by atoms with E-state index in [4.69, 9.17) is 9.15 Å². The van der Waals surface area contributed by atoms with Crippen LogP contribution in [0.1, 0.15) is 18.6 Å². The molecule has 1 heterocycles. The normalized spacial score (nSPS) is 15.3. The summed E-state index contributed by atoms with van der Waals surface area (Å²) < 4.78 is 10.1. The van der Waals surface area contributed by atoms with Crippen molar-refractivity contribution in [1.29, 1.82) is 0 Å². The maximum absolute atomic E-state index is 11.7. The summed E-state index contributed by atoms with van der Waals surface area (Å²) in [6.07, 6.45) is 3.81. The third-order valence-corrected chi connectivity index (χ3v) is 2.48. The summed E-state index contributed by atoms with van der Waals surface area (Å²) in [5.41, 5.74) is 0. The highest BCUT2D eigenvalue weighted by Gasteiger charge is 2.32. The summed E-state index contributed by atoms with van der Waals surface area (Å²) in [6, 6.07) is 4.11. The molecule has 1 fully saturated rings. The third-order valence-electron chi connectivity index (χ3n) is 2.48. The standard InChI is InChI=1S/C11H15NO3/c1-14-8-11(13)12(9-4-5-9)7-10-3-2-6-15-10/h2-3,6,9H,4-5,7-8H2,1H3. The number of carbonyl (C=O) groups excluding carboxylic acids is 1. The molecule has 0 atom stereocenters. The van der Waals surface area contributed by atoms with Crippen LogP contribution < -0.4 is 0 Å². The van der Waals surface area contributed by atoms with Crippen LogP contribution in [-0.2, 0) is 16.1 Å². The average Bonchev–Trinajstić information content (AvgIpc) is 2.93. The molecule has 4 heteroatoms. The molecule has 1 amide bonds. The van der Waals surface area contributed by atoms with Crippen molar-refractivity contribution in [2.24, 2.45) is 0 Å². The van der Waals surface area contributed by atoms with Gasteiger partial charge in [0.2, 0.25) is 5.91 Å². The Labute approximate surface area is 88.8 Å². The van der Waals surface area contributed by atoms with E-state index < -0.39 is 0 Å².